The van der Waals surface area contributed by atoms with Crippen molar-refractivity contribution < 1.29 is 8.42 Å². The van der Waals surface area contributed by atoms with Crippen LogP contribution < -0.4 is 5.32 Å². The minimum atomic E-state index is -3.70. The molecule has 0 aromatic heterocycles. The predicted octanol–water partition coefficient (Wildman–Crippen LogP) is 4.21. The summed E-state index contributed by atoms with van der Waals surface area (Å²) in [5.41, 5.74) is 0.827. The molecule has 0 aliphatic carbocycles. The minimum Gasteiger partial charge on any atom is -0.337 e. The molecule has 0 saturated carbocycles. The van der Waals surface area contributed by atoms with Crippen molar-refractivity contribution in [2.24, 2.45) is 4.40 Å². The molecule has 0 atom stereocenters. The number of nitrogens with one attached hydrogen (secondary N) is 1. The van der Waals surface area contributed by atoms with Crippen LogP contribution in [0.25, 0.3) is 0 Å². The molecule has 2 aromatic carbocycles. The Kier molecular flexibility index (Phi) is 3.61. The molecule has 1 aliphatic rings. The molecule has 0 radical (unpaired) electrons. The van der Waals surface area contributed by atoms with Gasteiger partial charge in [0.05, 0.1) is 15.7 Å². The van der Waals surface area contributed by atoms with Gasteiger partial charge in [-0.2, -0.15) is 8.42 Å². The molecule has 0 saturated heterocycles. The number of hydrogen-bond acceptors (Lipinski definition) is 3. The summed E-state index contributed by atoms with van der Waals surface area (Å²) in [6.45, 7) is 0. The third-order valence-electron chi connectivity index (χ3n) is 2.88. The van der Waals surface area contributed by atoms with E-state index >= 15 is 0 Å². The van der Waals surface area contributed by atoms with E-state index in [2.05, 4.69) is 9.71 Å². The lowest BCUT2D eigenvalue weighted by atomic mass is 10.2. The van der Waals surface area contributed by atoms with Crippen molar-refractivity contribution in [3.8, 4) is 0 Å². The van der Waals surface area contributed by atoms with Crippen LogP contribution in [0.15, 0.2) is 45.7 Å². The van der Waals surface area contributed by atoms with Crippen molar-refractivity contribution >= 4 is 56.3 Å². The van der Waals surface area contributed by atoms with E-state index in [0.29, 0.717) is 16.3 Å². The molecule has 21 heavy (non-hydrogen) atoms. The zero-order valence-corrected chi connectivity index (χ0v) is 13.4. The molecular weight excluding hydrogens is 355 g/mol. The third kappa shape index (κ3) is 2.62. The van der Waals surface area contributed by atoms with E-state index in [0.717, 1.165) is 0 Å². The highest BCUT2D eigenvalue weighted by atomic mass is 35.5. The summed E-state index contributed by atoms with van der Waals surface area (Å²) in [6.07, 6.45) is 0. The van der Waals surface area contributed by atoms with Crippen molar-refractivity contribution in [3.05, 3.63) is 57.0 Å². The summed E-state index contributed by atoms with van der Waals surface area (Å²) in [7, 11) is -3.70. The number of amidine groups is 1. The van der Waals surface area contributed by atoms with Gasteiger partial charge in [-0.25, -0.2) is 0 Å². The van der Waals surface area contributed by atoms with Crippen LogP contribution in [0.4, 0.5) is 5.69 Å². The maximum Gasteiger partial charge on any atom is 0.285 e. The number of fused-ring (bicyclic) bond motifs is 1. The average molecular weight is 362 g/mol. The highest BCUT2D eigenvalue weighted by Crippen LogP contribution is 2.35. The van der Waals surface area contributed by atoms with Gasteiger partial charge < -0.3 is 5.32 Å². The molecule has 1 N–H and O–H groups in total. The van der Waals surface area contributed by atoms with Crippen LogP contribution in [-0.4, -0.2) is 14.3 Å². The van der Waals surface area contributed by atoms with Crippen LogP contribution in [0.5, 0.6) is 0 Å². The molecule has 0 unspecified atom stereocenters. The van der Waals surface area contributed by atoms with Gasteiger partial charge in [0, 0.05) is 10.6 Å². The molecule has 8 heteroatoms. The Morgan fingerprint density at radius 2 is 1.62 bits per heavy atom. The Hall–Kier alpha value is -1.27. The lowest BCUT2D eigenvalue weighted by Crippen LogP contribution is -2.12. The molecule has 2 aromatic rings. The van der Waals surface area contributed by atoms with E-state index in [4.69, 9.17) is 34.8 Å². The van der Waals surface area contributed by atoms with Crippen molar-refractivity contribution in [2.45, 2.75) is 4.90 Å². The summed E-state index contributed by atoms with van der Waals surface area (Å²) >= 11 is 18.0. The van der Waals surface area contributed by atoms with Crippen LogP contribution in [-0.2, 0) is 10.0 Å². The second-order valence-electron chi connectivity index (χ2n) is 4.28. The normalized spacial score (nSPS) is 15.5. The van der Waals surface area contributed by atoms with E-state index < -0.39 is 10.0 Å². The standard InChI is InChI=1S/C13H7Cl3N2O2S/c14-7-5-9(15)12(10(16)6-7)17-13-8-3-1-2-4-11(8)21(19,20)18-13/h1-6H,(H,17,18). The third-order valence-corrected chi connectivity index (χ3v) is 5.03. The number of hydrogen-bond donors (Lipinski definition) is 1. The maximum atomic E-state index is 12.0. The highest BCUT2D eigenvalue weighted by molar-refractivity contribution is 7.90. The lowest BCUT2D eigenvalue weighted by Gasteiger charge is -2.10. The van der Waals surface area contributed by atoms with Gasteiger partial charge in [-0.1, -0.05) is 46.9 Å². The number of rotatable bonds is 1. The minimum absolute atomic E-state index is 0.147. The first kappa shape index (κ1) is 14.7. The highest BCUT2D eigenvalue weighted by Gasteiger charge is 2.29. The molecule has 4 nitrogen and oxygen atoms in total. The van der Waals surface area contributed by atoms with Gasteiger partial charge in [-0.15, -0.1) is 4.40 Å². The predicted molar refractivity (Wildman–Crippen MR) is 85.3 cm³/mol. The Labute approximate surface area is 136 Å². The van der Waals surface area contributed by atoms with E-state index in [1.54, 1.807) is 18.2 Å². The molecular formula is C13H7Cl3N2O2S. The van der Waals surface area contributed by atoms with Crippen LogP contribution in [0.2, 0.25) is 15.1 Å². The Bertz CT molecular complexity index is 856. The van der Waals surface area contributed by atoms with E-state index in [1.165, 1.54) is 18.2 Å². The number of sulfonamides is 1. The zero-order chi connectivity index (χ0) is 15.2. The first-order chi connectivity index (χ1) is 9.88. The Balaban J connectivity index is 2.09. The van der Waals surface area contributed by atoms with Gasteiger partial charge in [0.25, 0.3) is 10.0 Å². The monoisotopic (exact) mass is 360 g/mol. The quantitative estimate of drug-likeness (QED) is 0.828. The van der Waals surface area contributed by atoms with Gasteiger partial charge in [0.15, 0.2) is 5.84 Å². The number of anilines is 1. The summed E-state index contributed by atoms with van der Waals surface area (Å²) < 4.78 is 27.6. The van der Waals surface area contributed by atoms with Crippen LogP contribution in [0.3, 0.4) is 0 Å². The Morgan fingerprint density at radius 3 is 2.29 bits per heavy atom. The van der Waals surface area contributed by atoms with Crippen LogP contribution >= 0.6 is 34.8 Å². The van der Waals surface area contributed by atoms with Gasteiger partial charge in [-0.05, 0) is 24.3 Å². The molecule has 0 bridgehead atoms. The summed E-state index contributed by atoms with van der Waals surface area (Å²) in [4.78, 5) is 0.147. The zero-order valence-electron chi connectivity index (χ0n) is 10.3. The van der Waals surface area contributed by atoms with Crippen LogP contribution in [0, 0.1) is 0 Å². The summed E-state index contributed by atoms with van der Waals surface area (Å²) in [6, 6.07) is 9.52. The van der Waals surface area contributed by atoms with Gasteiger partial charge >= 0.3 is 0 Å². The topological polar surface area (TPSA) is 58.5 Å². The van der Waals surface area contributed by atoms with Crippen molar-refractivity contribution in [3.63, 3.8) is 0 Å². The molecule has 1 aliphatic heterocycles. The fourth-order valence-corrected chi connectivity index (χ4v) is 4.06. The SMILES string of the molecule is O=S1(=O)N=C(Nc2c(Cl)cc(Cl)cc2Cl)c2ccccc21. The van der Waals surface area contributed by atoms with Gasteiger partial charge in [0.1, 0.15) is 4.90 Å². The van der Waals surface area contributed by atoms with E-state index in [-0.39, 0.29) is 20.8 Å². The van der Waals surface area contributed by atoms with Gasteiger partial charge in [0.2, 0.25) is 0 Å². The first-order valence-electron chi connectivity index (χ1n) is 5.74. The first-order valence-corrected chi connectivity index (χ1v) is 8.32. The van der Waals surface area contributed by atoms with Gasteiger partial charge in [-0.3, -0.25) is 0 Å². The van der Waals surface area contributed by atoms with Crippen molar-refractivity contribution in [1.82, 2.24) is 0 Å². The summed E-state index contributed by atoms with van der Waals surface area (Å²) in [5.74, 6) is 0.178. The van der Waals surface area contributed by atoms with Crippen LogP contribution in [0.1, 0.15) is 5.56 Å². The molecule has 1 heterocycles. The fourth-order valence-electron chi connectivity index (χ4n) is 1.98. The number of nitrogens with zero attached hydrogens (tertiary/aromatic N) is 1. The molecule has 0 amide bonds. The average Bonchev–Trinajstić information content (AvgIpc) is 2.66. The molecule has 0 fully saturated rings. The van der Waals surface area contributed by atoms with Crippen molar-refractivity contribution in [1.29, 1.82) is 0 Å². The molecule has 108 valence electrons. The van der Waals surface area contributed by atoms with E-state index in [9.17, 15) is 8.42 Å². The number of benzene rings is 2. The second kappa shape index (κ2) is 5.18. The molecule has 3 rings (SSSR count). The lowest BCUT2D eigenvalue weighted by molar-refractivity contribution is 0.599. The summed E-state index contributed by atoms with van der Waals surface area (Å²) in [5, 5.41) is 3.80. The largest absolute Gasteiger partial charge is 0.337 e. The molecule has 0 spiro atoms. The maximum absolute atomic E-state index is 12.0. The second-order valence-corrected chi connectivity index (χ2v) is 7.10. The fraction of sp³-hybridized carbons (Fsp3) is 0. The van der Waals surface area contributed by atoms with E-state index in [1.807, 2.05) is 0 Å². The number of halogens is 3. The smallest absolute Gasteiger partial charge is 0.285 e. The van der Waals surface area contributed by atoms with Crippen molar-refractivity contribution in [2.75, 3.05) is 5.32 Å². The Morgan fingerprint density at radius 1 is 1.00 bits per heavy atom.